The summed E-state index contributed by atoms with van der Waals surface area (Å²) < 4.78 is 24.9. The number of carbonyl (C=O) groups is 2. The maximum absolute atomic E-state index is 14.2. The second-order valence-corrected chi connectivity index (χ2v) is 14.3. The molecule has 3 aliphatic rings. The van der Waals surface area contributed by atoms with Crippen molar-refractivity contribution in [1.29, 1.82) is 0 Å². The second-order valence-electron chi connectivity index (χ2n) is 14.3. The van der Waals surface area contributed by atoms with Crippen LogP contribution in [0, 0.1) is 5.82 Å². The minimum absolute atomic E-state index is 0.0368. The molecule has 10 heteroatoms. The van der Waals surface area contributed by atoms with Gasteiger partial charge in [0.05, 0.1) is 26.4 Å². The molecule has 0 radical (unpaired) electrons. The number of hydrogen-bond donors (Lipinski definition) is 1. The van der Waals surface area contributed by atoms with Gasteiger partial charge in [-0.25, -0.2) is 9.18 Å². The van der Waals surface area contributed by atoms with E-state index in [1.807, 2.05) is 57.7 Å². The van der Waals surface area contributed by atoms with Crippen molar-refractivity contribution >= 4 is 17.7 Å². The molecule has 4 atom stereocenters. The zero-order valence-corrected chi connectivity index (χ0v) is 27.6. The lowest BCUT2D eigenvalue weighted by Crippen LogP contribution is -2.64. The molecular formula is C35H49FN4O5. The monoisotopic (exact) mass is 624 g/mol. The number of aliphatic hydroxyl groups is 1. The summed E-state index contributed by atoms with van der Waals surface area (Å²) in [5, 5.41) is 10.4. The first-order valence-corrected chi connectivity index (χ1v) is 16.1. The van der Waals surface area contributed by atoms with Gasteiger partial charge >= 0.3 is 6.09 Å². The standard InChI is InChI=1S/C35H49FN4O5/c1-24-17-38(29(18-37-13-14-44-21-25(37)2)19-39(24)33(43)45-34(3,4)5)20-32(42)40-22-35(6,23-41)30-12-9-27(16-31(30)40)15-26-7-10-28(36)11-8-26/h7-12,16,24-25,29,41H,13-15,17-23H2,1-6H3/t24-,25-,29+,35?/m1/s1. The highest BCUT2D eigenvalue weighted by Gasteiger charge is 2.43. The Kier molecular flexibility index (Phi) is 9.89. The van der Waals surface area contributed by atoms with Crippen molar-refractivity contribution in [3.8, 4) is 0 Å². The van der Waals surface area contributed by atoms with Crippen LogP contribution in [0.4, 0.5) is 14.9 Å². The number of fused-ring (bicyclic) bond motifs is 1. The molecule has 0 spiro atoms. The summed E-state index contributed by atoms with van der Waals surface area (Å²) in [6.07, 6.45) is 0.275. The summed E-state index contributed by atoms with van der Waals surface area (Å²) in [5.74, 6) is -0.309. The molecule has 5 rings (SSSR count). The molecule has 0 aliphatic carbocycles. The molecule has 9 nitrogen and oxygen atoms in total. The SMILES string of the molecule is C[C@@H]1COCCN1C[C@H]1CN(C(=O)OC(C)(C)C)[C@H](C)CN1CC(=O)N1CC(C)(CO)c2ccc(Cc3ccc(F)cc3)cc21. The topological polar surface area (TPSA) is 85.8 Å². The zero-order valence-electron chi connectivity index (χ0n) is 27.6. The first-order valence-electron chi connectivity index (χ1n) is 16.1. The van der Waals surface area contributed by atoms with Gasteiger partial charge in [0, 0.05) is 62.0 Å². The Morgan fingerprint density at radius 1 is 1.04 bits per heavy atom. The van der Waals surface area contributed by atoms with Crippen LogP contribution in [0.25, 0.3) is 0 Å². The van der Waals surface area contributed by atoms with Crippen molar-refractivity contribution in [3.05, 3.63) is 65.0 Å². The highest BCUT2D eigenvalue weighted by molar-refractivity contribution is 5.97. The van der Waals surface area contributed by atoms with Gasteiger partial charge in [0.25, 0.3) is 0 Å². The number of benzene rings is 2. The summed E-state index contributed by atoms with van der Waals surface area (Å²) in [4.78, 5) is 35.7. The van der Waals surface area contributed by atoms with E-state index in [9.17, 15) is 19.1 Å². The molecule has 0 bridgehead atoms. The Hall–Kier alpha value is -3.05. The Balaban J connectivity index is 1.38. The number of nitrogens with zero attached hydrogens (tertiary/aromatic N) is 4. The molecule has 0 saturated carbocycles. The highest BCUT2D eigenvalue weighted by Crippen LogP contribution is 2.41. The van der Waals surface area contributed by atoms with E-state index in [4.69, 9.17) is 9.47 Å². The van der Waals surface area contributed by atoms with Crippen molar-refractivity contribution in [2.75, 3.05) is 64.0 Å². The fourth-order valence-electron chi connectivity index (χ4n) is 6.75. The van der Waals surface area contributed by atoms with E-state index in [-0.39, 0.29) is 49.1 Å². The fourth-order valence-corrected chi connectivity index (χ4v) is 6.75. The first-order chi connectivity index (χ1) is 21.3. The second kappa shape index (κ2) is 13.4. The van der Waals surface area contributed by atoms with Gasteiger partial charge in [-0.2, -0.15) is 0 Å². The number of morpholine rings is 1. The quantitative estimate of drug-likeness (QED) is 0.498. The molecule has 2 fully saturated rings. The minimum Gasteiger partial charge on any atom is -0.444 e. The van der Waals surface area contributed by atoms with E-state index in [1.54, 1.807) is 17.0 Å². The molecule has 45 heavy (non-hydrogen) atoms. The van der Waals surface area contributed by atoms with E-state index in [0.717, 1.165) is 28.9 Å². The van der Waals surface area contributed by atoms with Crippen LogP contribution in [0.15, 0.2) is 42.5 Å². The summed E-state index contributed by atoms with van der Waals surface area (Å²) in [6, 6.07) is 12.6. The van der Waals surface area contributed by atoms with Crippen LogP contribution in [0.2, 0.25) is 0 Å². The van der Waals surface area contributed by atoms with E-state index in [2.05, 4.69) is 16.7 Å². The van der Waals surface area contributed by atoms with Gasteiger partial charge in [-0.05, 0) is 75.9 Å². The average molecular weight is 625 g/mol. The van der Waals surface area contributed by atoms with Crippen LogP contribution in [0.5, 0.6) is 0 Å². The average Bonchev–Trinajstić information content (AvgIpc) is 3.28. The lowest BCUT2D eigenvalue weighted by atomic mass is 9.85. The van der Waals surface area contributed by atoms with E-state index >= 15 is 0 Å². The third-order valence-corrected chi connectivity index (χ3v) is 9.35. The predicted octanol–water partition coefficient (Wildman–Crippen LogP) is 4.04. The van der Waals surface area contributed by atoms with Crippen LogP contribution in [-0.4, -0.2) is 115 Å². The maximum atomic E-state index is 14.2. The zero-order chi connectivity index (χ0) is 32.5. The molecule has 0 aromatic heterocycles. The van der Waals surface area contributed by atoms with Gasteiger partial charge in [0.2, 0.25) is 5.91 Å². The van der Waals surface area contributed by atoms with Gasteiger partial charge in [0.15, 0.2) is 0 Å². The number of ether oxygens (including phenoxy) is 2. The maximum Gasteiger partial charge on any atom is 0.410 e. The van der Waals surface area contributed by atoms with Crippen molar-refractivity contribution in [1.82, 2.24) is 14.7 Å². The number of amides is 2. The van der Waals surface area contributed by atoms with Gasteiger partial charge in [0.1, 0.15) is 11.4 Å². The highest BCUT2D eigenvalue weighted by atomic mass is 19.1. The number of halogens is 1. The summed E-state index contributed by atoms with van der Waals surface area (Å²) in [5.41, 5.74) is 2.58. The van der Waals surface area contributed by atoms with Gasteiger partial charge in [-0.3, -0.25) is 14.6 Å². The number of anilines is 1. The van der Waals surface area contributed by atoms with Crippen LogP contribution in [0.1, 0.15) is 58.2 Å². The van der Waals surface area contributed by atoms with Gasteiger partial charge in [-0.15, -0.1) is 0 Å². The van der Waals surface area contributed by atoms with Crippen LogP contribution < -0.4 is 4.90 Å². The Morgan fingerprint density at radius 3 is 2.42 bits per heavy atom. The van der Waals surface area contributed by atoms with Crippen molar-refractivity contribution in [2.24, 2.45) is 0 Å². The van der Waals surface area contributed by atoms with Crippen molar-refractivity contribution in [2.45, 2.75) is 77.1 Å². The molecule has 3 heterocycles. The Bertz CT molecular complexity index is 1360. The number of hydrogen-bond acceptors (Lipinski definition) is 7. The molecule has 246 valence electrons. The third kappa shape index (κ3) is 7.68. The smallest absolute Gasteiger partial charge is 0.410 e. The van der Waals surface area contributed by atoms with Crippen molar-refractivity contribution < 1.29 is 28.6 Å². The summed E-state index contributed by atoms with van der Waals surface area (Å²) in [7, 11) is 0. The number of aliphatic hydroxyl groups excluding tert-OH is 1. The van der Waals surface area contributed by atoms with Crippen molar-refractivity contribution in [3.63, 3.8) is 0 Å². The van der Waals surface area contributed by atoms with Gasteiger partial charge < -0.3 is 24.4 Å². The Morgan fingerprint density at radius 2 is 1.76 bits per heavy atom. The normalized spacial score (nSPS) is 26.2. The molecule has 2 amide bonds. The molecule has 2 saturated heterocycles. The third-order valence-electron chi connectivity index (χ3n) is 9.35. The number of piperazine rings is 1. The summed E-state index contributed by atoms with van der Waals surface area (Å²) >= 11 is 0. The Labute approximate surface area is 266 Å². The van der Waals surface area contributed by atoms with E-state index < -0.39 is 11.0 Å². The van der Waals surface area contributed by atoms with E-state index in [1.165, 1.54) is 12.1 Å². The van der Waals surface area contributed by atoms with Gasteiger partial charge in [-0.1, -0.05) is 31.2 Å². The lowest BCUT2D eigenvalue weighted by Gasteiger charge is -2.47. The molecule has 3 aliphatic heterocycles. The molecule has 1 unspecified atom stereocenters. The number of rotatable bonds is 7. The molecular weight excluding hydrogens is 575 g/mol. The fraction of sp³-hybridized carbons (Fsp3) is 0.600. The molecule has 1 N–H and O–H groups in total. The summed E-state index contributed by atoms with van der Waals surface area (Å²) in [6.45, 7) is 16.1. The first kappa shape index (κ1) is 33.3. The van der Waals surface area contributed by atoms with Crippen LogP contribution in [0.3, 0.4) is 0 Å². The molecule has 2 aromatic carbocycles. The van der Waals surface area contributed by atoms with E-state index in [0.29, 0.717) is 45.8 Å². The lowest BCUT2D eigenvalue weighted by molar-refractivity contribution is -0.122. The largest absolute Gasteiger partial charge is 0.444 e. The minimum atomic E-state index is -0.601. The molecule has 2 aromatic rings. The number of carbonyl (C=O) groups excluding carboxylic acids is 2. The van der Waals surface area contributed by atoms with Crippen LogP contribution >= 0.6 is 0 Å². The van der Waals surface area contributed by atoms with Crippen LogP contribution in [-0.2, 0) is 26.1 Å². The predicted molar refractivity (Wildman–Crippen MR) is 172 cm³/mol.